The first-order valence-electron chi connectivity index (χ1n) is 9.34. The molecule has 5 nitrogen and oxygen atoms in total. The monoisotopic (exact) mass is 380 g/mol. The summed E-state index contributed by atoms with van der Waals surface area (Å²) in [5, 5.41) is 3.03. The summed E-state index contributed by atoms with van der Waals surface area (Å²) < 4.78 is 15.2. The smallest absolute Gasteiger partial charge is 0.252 e. The summed E-state index contributed by atoms with van der Waals surface area (Å²) in [7, 11) is 3.90. The molecule has 1 N–H and O–H groups in total. The zero-order valence-electron chi connectivity index (χ0n) is 16.4. The molecule has 0 aliphatic heterocycles. The highest BCUT2D eigenvalue weighted by atomic mass is 19.1. The highest BCUT2D eigenvalue weighted by molar-refractivity contribution is 5.95. The molecule has 0 unspecified atom stereocenters. The average Bonchev–Trinajstić information content (AvgIpc) is 3.12. The second-order valence-corrected chi connectivity index (χ2v) is 6.82. The summed E-state index contributed by atoms with van der Waals surface area (Å²) in [6, 6.07) is 13.1. The van der Waals surface area contributed by atoms with Crippen molar-refractivity contribution in [2.45, 2.75) is 19.4 Å². The molecule has 0 bridgehead atoms. The van der Waals surface area contributed by atoms with E-state index in [0.29, 0.717) is 11.4 Å². The number of imidazole rings is 1. The Hall–Kier alpha value is -3.15. The standard InChI is InChI=1S/C22H25FN4O/c1-4-14-26(2)19-11-7-17(8-12-19)22(28)25-20(21-24-13-15-27(21)3)16-5-9-18(23)10-6-16/h5-13,15,20H,4,14H2,1-3H3,(H,25,28)/t20-/m1/s1. The second-order valence-electron chi connectivity index (χ2n) is 6.82. The third kappa shape index (κ3) is 4.39. The van der Waals surface area contributed by atoms with Crippen molar-refractivity contribution in [3.63, 3.8) is 0 Å². The average molecular weight is 380 g/mol. The maximum Gasteiger partial charge on any atom is 0.252 e. The molecule has 0 spiro atoms. The topological polar surface area (TPSA) is 50.2 Å². The van der Waals surface area contributed by atoms with Gasteiger partial charge in [0.1, 0.15) is 17.7 Å². The largest absolute Gasteiger partial charge is 0.375 e. The summed E-state index contributed by atoms with van der Waals surface area (Å²) in [6.45, 7) is 3.09. The van der Waals surface area contributed by atoms with Crippen LogP contribution in [0.15, 0.2) is 60.9 Å². The molecule has 0 fully saturated rings. The molecule has 146 valence electrons. The van der Waals surface area contributed by atoms with Crippen LogP contribution < -0.4 is 10.2 Å². The molecule has 0 saturated carbocycles. The van der Waals surface area contributed by atoms with Gasteiger partial charge in [-0.05, 0) is 48.4 Å². The van der Waals surface area contributed by atoms with E-state index in [-0.39, 0.29) is 11.7 Å². The van der Waals surface area contributed by atoms with Crippen molar-refractivity contribution in [1.82, 2.24) is 14.9 Å². The Kier molecular flexibility index (Phi) is 6.09. The number of halogens is 1. The van der Waals surface area contributed by atoms with Gasteiger partial charge in [0.15, 0.2) is 0 Å². The van der Waals surface area contributed by atoms with Gasteiger partial charge in [-0.1, -0.05) is 19.1 Å². The number of aromatic nitrogens is 2. The molecular formula is C22H25FN4O. The lowest BCUT2D eigenvalue weighted by molar-refractivity contribution is 0.0941. The molecule has 3 aromatic rings. The van der Waals surface area contributed by atoms with Gasteiger partial charge in [0.2, 0.25) is 0 Å². The molecule has 1 atom stereocenters. The summed E-state index contributed by atoms with van der Waals surface area (Å²) in [5.41, 5.74) is 2.40. The lowest BCUT2D eigenvalue weighted by atomic mass is 10.0. The number of carbonyl (C=O) groups is 1. The van der Waals surface area contributed by atoms with Crippen LogP contribution in [0, 0.1) is 5.82 Å². The highest BCUT2D eigenvalue weighted by Gasteiger charge is 2.21. The lowest BCUT2D eigenvalue weighted by Crippen LogP contribution is -2.31. The van der Waals surface area contributed by atoms with Crippen molar-refractivity contribution in [1.29, 1.82) is 0 Å². The van der Waals surface area contributed by atoms with Crippen molar-refractivity contribution in [2.75, 3.05) is 18.5 Å². The Morgan fingerprint density at radius 3 is 2.43 bits per heavy atom. The van der Waals surface area contributed by atoms with Crippen LogP contribution in [0.3, 0.4) is 0 Å². The highest BCUT2D eigenvalue weighted by Crippen LogP contribution is 2.22. The summed E-state index contributed by atoms with van der Waals surface area (Å²) in [5.74, 6) is 0.154. The molecule has 1 heterocycles. The fraction of sp³-hybridized carbons (Fsp3) is 0.273. The molecule has 2 aromatic carbocycles. The van der Waals surface area contributed by atoms with E-state index in [4.69, 9.17) is 0 Å². The van der Waals surface area contributed by atoms with Gasteiger partial charge in [0, 0.05) is 44.3 Å². The Balaban J connectivity index is 1.83. The molecule has 0 aliphatic carbocycles. The molecule has 6 heteroatoms. The normalized spacial score (nSPS) is 11.9. The van der Waals surface area contributed by atoms with Crippen LogP contribution >= 0.6 is 0 Å². The van der Waals surface area contributed by atoms with E-state index >= 15 is 0 Å². The molecular weight excluding hydrogens is 355 g/mol. The van der Waals surface area contributed by atoms with Crippen molar-refractivity contribution < 1.29 is 9.18 Å². The maximum absolute atomic E-state index is 13.3. The van der Waals surface area contributed by atoms with Crippen LogP contribution in [0.1, 0.15) is 41.1 Å². The number of aryl methyl sites for hydroxylation is 1. The predicted molar refractivity (Wildman–Crippen MR) is 109 cm³/mol. The van der Waals surface area contributed by atoms with Crippen LogP contribution in [0.2, 0.25) is 0 Å². The Bertz CT molecular complexity index is 918. The minimum absolute atomic E-state index is 0.206. The van der Waals surface area contributed by atoms with Crippen molar-refractivity contribution in [3.05, 3.63) is 83.7 Å². The lowest BCUT2D eigenvalue weighted by Gasteiger charge is -2.20. The van der Waals surface area contributed by atoms with Gasteiger partial charge in [-0.25, -0.2) is 9.37 Å². The number of rotatable bonds is 7. The first-order chi connectivity index (χ1) is 13.5. The van der Waals surface area contributed by atoms with Gasteiger partial charge in [0.25, 0.3) is 5.91 Å². The number of carbonyl (C=O) groups excluding carboxylic acids is 1. The van der Waals surface area contributed by atoms with E-state index < -0.39 is 6.04 Å². The van der Waals surface area contributed by atoms with Gasteiger partial charge >= 0.3 is 0 Å². The molecule has 0 aliphatic rings. The molecule has 1 amide bonds. The maximum atomic E-state index is 13.3. The third-order valence-corrected chi connectivity index (χ3v) is 4.72. The zero-order chi connectivity index (χ0) is 20.1. The quantitative estimate of drug-likeness (QED) is 0.676. The van der Waals surface area contributed by atoms with Crippen molar-refractivity contribution in [2.24, 2.45) is 7.05 Å². The number of nitrogens with one attached hydrogen (secondary N) is 1. The molecule has 0 radical (unpaired) electrons. The SMILES string of the molecule is CCCN(C)c1ccc(C(=O)N[C@H](c2ccc(F)cc2)c2nccn2C)cc1. The first-order valence-corrected chi connectivity index (χ1v) is 9.34. The molecule has 3 rings (SSSR count). The third-order valence-electron chi connectivity index (χ3n) is 4.72. The summed E-state index contributed by atoms with van der Waals surface area (Å²) in [6.07, 6.45) is 4.55. The molecule has 0 saturated heterocycles. The molecule has 28 heavy (non-hydrogen) atoms. The van der Waals surface area contributed by atoms with E-state index in [1.807, 2.05) is 49.1 Å². The Morgan fingerprint density at radius 1 is 1.18 bits per heavy atom. The van der Waals surface area contributed by atoms with Crippen LogP contribution in [0.5, 0.6) is 0 Å². The number of anilines is 1. The molecule has 1 aromatic heterocycles. The number of nitrogens with zero attached hydrogens (tertiary/aromatic N) is 3. The number of benzene rings is 2. The van der Waals surface area contributed by atoms with Crippen LogP contribution in [0.25, 0.3) is 0 Å². The van der Waals surface area contributed by atoms with Gasteiger partial charge < -0.3 is 14.8 Å². The minimum Gasteiger partial charge on any atom is -0.375 e. The van der Waals surface area contributed by atoms with Crippen LogP contribution in [0.4, 0.5) is 10.1 Å². The Labute approximate surface area is 164 Å². The summed E-state index contributed by atoms with van der Waals surface area (Å²) in [4.78, 5) is 19.4. The van der Waals surface area contributed by atoms with Gasteiger partial charge in [-0.15, -0.1) is 0 Å². The second kappa shape index (κ2) is 8.69. The Morgan fingerprint density at radius 2 is 1.86 bits per heavy atom. The van der Waals surface area contributed by atoms with Crippen molar-refractivity contribution >= 4 is 11.6 Å². The number of hydrogen-bond acceptors (Lipinski definition) is 3. The van der Waals surface area contributed by atoms with Crippen LogP contribution in [-0.2, 0) is 7.05 Å². The van der Waals surface area contributed by atoms with E-state index in [9.17, 15) is 9.18 Å². The number of hydrogen-bond donors (Lipinski definition) is 1. The van der Waals surface area contributed by atoms with E-state index in [1.54, 1.807) is 18.3 Å². The van der Waals surface area contributed by atoms with E-state index in [0.717, 1.165) is 24.2 Å². The van der Waals surface area contributed by atoms with E-state index in [1.165, 1.54) is 12.1 Å². The van der Waals surface area contributed by atoms with E-state index in [2.05, 4.69) is 22.1 Å². The fourth-order valence-corrected chi connectivity index (χ4v) is 3.15. The van der Waals surface area contributed by atoms with Gasteiger partial charge in [0.05, 0.1) is 0 Å². The van der Waals surface area contributed by atoms with Gasteiger partial charge in [-0.3, -0.25) is 4.79 Å². The van der Waals surface area contributed by atoms with Crippen LogP contribution in [-0.4, -0.2) is 29.1 Å². The predicted octanol–water partition coefficient (Wildman–Crippen LogP) is 3.92. The number of amides is 1. The first kappa shape index (κ1) is 19.6. The minimum atomic E-state index is -0.476. The summed E-state index contributed by atoms with van der Waals surface area (Å²) >= 11 is 0. The van der Waals surface area contributed by atoms with Gasteiger partial charge in [-0.2, -0.15) is 0 Å². The fourth-order valence-electron chi connectivity index (χ4n) is 3.15. The zero-order valence-corrected chi connectivity index (χ0v) is 16.4. The van der Waals surface area contributed by atoms with Crippen molar-refractivity contribution in [3.8, 4) is 0 Å².